The topological polar surface area (TPSA) is 75.2 Å². The van der Waals surface area contributed by atoms with Gasteiger partial charge >= 0.3 is 0 Å². The number of hydrogen-bond acceptors (Lipinski definition) is 5. The fourth-order valence-corrected chi connectivity index (χ4v) is 3.62. The molecule has 2 amide bonds. The fourth-order valence-electron chi connectivity index (χ4n) is 2.92. The van der Waals surface area contributed by atoms with Crippen molar-refractivity contribution in [2.75, 3.05) is 6.54 Å². The number of rotatable bonds is 5. The molecule has 1 saturated heterocycles. The maximum absolute atomic E-state index is 12.6. The molecule has 0 aliphatic carbocycles. The van der Waals surface area contributed by atoms with Crippen LogP contribution in [0.3, 0.4) is 0 Å². The van der Waals surface area contributed by atoms with Crippen LogP contribution < -0.4 is 5.32 Å². The SMILES string of the molecule is CC(=O)NCc1cncc(C2CCCN2C(=O)Cc2cccs2)n1. The van der Waals surface area contributed by atoms with Crippen LogP contribution in [-0.4, -0.2) is 33.2 Å². The molecule has 2 aromatic heterocycles. The van der Waals surface area contributed by atoms with Crippen LogP contribution in [0.4, 0.5) is 0 Å². The molecule has 1 fully saturated rings. The van der Waals surface area contributed by atoms with Gasteiger partial charge in [0.2, 0.25) is 11.8 Å². The van der Waals surface area contributed by atoms with Crippen LogP contribution in [0, 0.1) is 0 Å². The maximum atomic E-state index is 12.6. The van der Waals surface area contributed by atoms with E-state index in [9.17, 15) is 9.59 Å². The number of nitrogens with zero attached hydrogens (tertiary/aromatic N) is 3. The van der Waals surface area contributed by atoms with Crippen molar-refractivity contribution in [2.45, 2.75) is 38.8 Å². The van der Waals surface area contributed by atoms with Gasteiger partial charge in [0.1, 0.15) is 0 Å². The van der Waals surface area contributed by atoms with E-state index in [1.54, 1.807) is 23.7 Å². The number of likely N-dealkylation sites (tertiary alicyclic amines) is 1. The first-order valence-corrected chi connectivity index (χ1v) is 8.88. The van der Waals surface area contributed by atoms with Crippen molar-refractivity contribution in [3.63, 3.8) is 0 Å². The van der Waals surface area contributed by atoms with Crippen LogP contribution in [0.15, 0.2) is 29.9 Å². The van der Waals surface area contributed by atoms with E-state index in [1.807, 2.05) is 22.4 Å². The van der Waals surface area contributed by atoms with Crippen LogP contribution >= 0.6 is 11.3 Å². The Morgan fingerprint density at radius 3 is 3.04 bits per heavy atom. The second kappa shape index (κ2) is 7.53. The molecule has 1 atom stereocenters. The van der Waals surface area contributed by atoms with Crippen LogP contribution in [0.1, 0.15) is 42.1 Å². The Kier molecular flexibility index (Phi) is 5.20. The Labute approximate surface area is 144 Å². The second-order valence-electron chi connectivity index (χ2n) is 5.85. The zero-order valence-corrected chi connectivity index (χ0v) is 14.4. The van der Waals surface area contributed by atoms with Gasteiger partial charge in [-0.05, 0) is 24.3 Å². The zero-order chi connectivity index (χ0) is 16.9. The molecule has 0 saturated carbocycles. The van der Waals surface area contributed by atoms with Gasteiger partial charge in [-0.15, -0.1) is 11.3 Å². The molecule has 126 valence electrons. The number of carbonyl (C=O) groups is 2. The maximum Gasteiger partial charge on any atom is 0.228 e. The lowest BCUT2D eigenvalue weighted by atomic mass is 10.1. The highest BCUT2D eigenvalue weighted by atomic mass is 32.1. The Morgan fingerprint density at radius 2 is 2.29 bits per heavy atom. The van der Waals surface area contributed by atoms with Gasteiger partial charge in [-0.3, -0.25) is 19.6 Å². The largest absolute Gasteiger partial charge is 0.351 e. The Hall–Kier alpha value is -2.28. The Morgan fingerprint density at radius 1 is 1.42 bits per heavy atom. The summed E-state index contributed by atoms with van der Waals surface area (Å²) in [5, 5.41) is 4.71. The molecule has 1 unspecified atom stereocenters. The van der Waals surface area contributed by atoms with Crippen molar-refractivity contribution in [3.8, 4) is 0 Å². The summed E-state index contributed by atoms with van der Waals surface area (Å²) >= 11 is 1.60. The molecule has 24 heavy (non-hydrogen) atoms. The van der Waals surface area contributed by atoms with Gasteiger partial charge in [0.25, 0.3) is 0 Å². The molecule has 2 aromatic rings. The third-order valence-electron chi connectivity index (χ3n) is 4.04. The minimum absolute atomic E-state index is 0.0257. The average Bonchev–Trinajstić information content (AvgIpc) is 3.24. The predicted octanol–water partition coefficient (Wildman–Crippen LogP) is 2.08. The normalized spacial score (nSPS) is 17.0. The summed E-state index contributed by atoms with van der Waals surface area (Å²) in [6.07, 6.45) is 5.67. The summed E-state index contributed by atoms with van der Waals surface area (Å²) in [5.41, 5.74) is 1.51. The van der Waals surface area contributed by atoms with Crippen molar-refractivity contribution >= 4 is 23.2 Å². The highest BCUT2D eigenvalue weighted by Crippen LogP contribution is 2.31. The Balaban J connectivity index is 1.71. The van der Waals surface area contributed by atoms with Crippen LogP contribution in [0.2, 0.25) is 0 Å². The third-order valence-corrected chi connectivity index (χ3v) is 4.92. The average molecular weight is 344 g/mol. The summed E-state index contributed by atoms with van der Waals surface area (Å²) in [5.74, 6) is 0.0323. The molecule has 3 heterocycles. The van der Waals surface area contributed by atoms with Crippen molar-refractivity contribution in [1.29, 1.82) is 0 Å². The molecule has 1 aliphatic rings. The number of aromatic nitrogens is 2. The van der Waals surface area contributed by atoms with Gasteiger partial charge in [0.05, 0.1) is 42.8 Å². The first-order valence-electron chi connectivity index (χ1n) is 8.00. The lowest BCUT2D eigenvalue weighted by Gasteiger charge is -2.24. The third kappa shape index (κ3) is 3.97. The van der Waals surface area contributed by atoms with Gasteiger partial charge in [-0.25, -0.2) is 0 Å². The quantitative estimate of drug-likeness (QED) is 0.901. The lowest BCUT2D eigenvalue weighted by Crippen LogP contribution is -2.32. The van der Waals surface area contributed by atoms with E-state index in [0.29, 0.717) is 18.7 Å². The summed E-state index contributed by atoms with van der Waals surface area (Å²) in [4.78, 5) is 35.5. The van der Waals surface area contributed by atoms with E-state index in [0.717, 1.165) is 30.0 Å². The minimum Gasteiger partial charge on any atom is -0.351 e. The monoisotopic (exact) mass is 344 g/mol. The molecule has 3 rings (SSSR count). The van der Waals surface area contributed by atoms with Crippen molar-refractivity contribution in [2.24, 2.45) is 0 Å². The van der Waals surface area contributed by atoms with E-state index in [-0.39, 0.29) is 17.9 Å². The van der Waals surface area contributed by atoms with E-state index in [1.165, 1.54) is 6.92 Å². The highest BCUT2D eigenvalue weighted by molar-refractivity contribution is 7.10. The first-order chi connectivity index (χ1) is 11.6. The van der Waals surface area contributed by atoms with Gasteiger partial charge in [0, 0.05) is 18.3 Å². The van der Waals surface area contributed by atoms with E-state index in [2.05, 4.69) is 15.3 Å². The van der Waals surface area contributed by atoms with Gasteiger partial charge in [0.15, 0.2) is 0 Å². The molecule has 0 radical (unpaired) electrons. The number of carbonyl (C=O) groups excluding carboxylic acids is 2. The predicted molar refractivity (Wildman–Crippen MR) is 91.3 cm³/mol. The van der Waals surface area contributed by atoms with Gasteiger partial charge < -0.3 is 10.2 Å². The van der Waals surface area contributed by atoms with Crippen molar-refractivity contribution < 1.29 is 9.59 Å². The van der Waals surface area contributed by atoms with E-state index >= 15 is 0 Å². The van der Waals surface area contributed by atoms with Crippen molar-refractivity contribution in [3.05, 3.63) is 46.2 Å². The summed E-state index contributed by atoms with van der Waals surface area (Å²) in [6, 6.07) is 3.93. The molecular formula is C17H20N4O2S. The van der Waals surface area contributed by atoms with Gasteiger partial charge in [-0.1, -0.05) is 6.07 Å². The zero-order valence-electron chi connectivity index (χ0n) is 13.6. The second-order valence-corrected chi connectivity index (χ2v) is 6.88. The fraction of sp³-hybridized carbons (Fsp3) is 0.412. The van der Waals surface area contributed by atoms with Crippen LogP contribution in [-0.2, 0) is 22.6 Å². The standard InChI is InChI=1S/C17H20N4O2S/c1-12(22)19-10-13-9-18-11-15(20-13)16-5-2-6-21(16)17(23)8-14-4-3-7-24-14/h3-4,7,9,11,16H,2,5-6,8,10H2,1H3,(H,19,22). The van der Waals surface area contributed by atoms with Crippen molar-refractivity contribution in [1.82, 2.24) is 20.2 Å². The van der Waals surface area contributed by atoms with E-state index < -0.39 is 0 Å². The molecule has 6 nitrogen and oxygen atoms in total. The molecule has 0 aromatic carbocycles. The lowest BCUT2D eigenvalue weighted by molar-refractivity contribution is -0.131. The highest BCUT2D eigenvalue weighted by Gasteiger charge is 2.31. The number of thiophene rings is 1. The number of hydrogen-bond donors (Lipinski definition) is 1. The molecule has 1 N–H and O–H groups in total. The Bertz CT molecular complexity index is 717. The number of nitrogens with one attached hydrogen (secondary N) is 1. The van der Waals surface area contributed by atoms with Gasteiger partial charge in [-0.2, -0.15) is 0 Å². The first kappa shape index (κ1) is 16.6. The van der Waals surface area contributed by atoms with Crippen LogP contribution in [0.25, 0.3) is 0 Å². The summed E-state index contributed by atoms with van der Waals surface area (Å²) in [6.45, 7) is 2.58. The van der Waals surface area contributed by atoms with E-state index in [4.69, 9.17) is 0 Å². The van der Waals surface area contributed by atoms with Crippen LogP contribution in [0.5, 0.6) is 0 Å². The number of amides is 2. The molecule has 0 spiro atoms. The molecule has 0 bridgehead atoms. The molecule has 7 heteroatoms. The summed E-state index contributed by atoms with van der Waals surface area (Å²) in [7, 11) is 0. The summed E-state index contributed by atoms with van der Waals surface area (Å²) < 4.78 is 0. The molecule has 1 aliphatic heterocycles. The molecular weight excluding hydrogens is 324 g/mol. The minimum atomic E-state index is -0.101. The smallest absolute Gasteiger partial charge is 0.228 e.